The number of carbonyl (C=O) groups is 1. The average molecular weight is 465 g/mol. The molecule has 0 atom stereocenters. The lowest BCUT2D eigenvalue weighted by molar-refractivity contribution is 0.112. The molecule has 1 N–H and O–H groups in total. The molecule has 0 aliphatic carbocycles. The van der Waals surface area contributed by atoms with Gasteiger partial charge in [0.25, 0.3) is 0 Å². The Balaban J connectivity index is 0.00000155. The molecule has 4 nitrogen and oxygen atoms in total. The number of aldehydes is 1. The predicted octanol–water partition coefficient (Wildman–Crippen LogP) is 6.84. The fourth-order valence-corrected chi connectivity index (χ4v) is 4.77. The summed E-state index contributed by atoms with van der Waals surface area (Å²) in [6.07, 6.45) is 0.821. The van der Waals surface area contributed by atoms with Gasteiger partial charge in [0.05, 0.1) is 5.69 Å². The molecule has 0 fully saturated rings. The van der Waals surface area contributed by atoms with Gasteiger partial charge in [0.15, 0.2) is 0 Å². The maximum Gasteiger partial charge on any atom is 0.150 e. The molecule has 0 bridgehead atoms. The van der Waals surface area contributed by atoms with Crippen LogP contribution in [0.25, 0.3) is 0 Å². The van der Waals surface area contributed by atoms with Crippen molar-refractivity contribution in [3.05, 3.63) is 75.2 Å². The molecule has 0 aliphatic heterocycles. The molecule has 0 amide bonds. The third-order valence-electron chi connectivity index (χ3n) is 4.22. The number of benzene rings is 2. The van der Waals surface area contributed by atoms with Crippen LogP contribution < -0.4 is 0 Å². The largest absolute Gasteiger partial charge is 0.388 e. The zero-order valence-electron chi connectivity index (χ0n) is 17.5. The van der Waals surface area contributed by atoms with E-state index in [4.69, 9.17) is 23.2 Å². The zero-order chi connectivity index (χ0) is 22.3. The molecular weight excluding hydrogens is 439 g/mol. The summed E-state index contributed by atoms with van der Waals surface area (Å²) in [5.41, 5.74) is 2.55. The molecule has 0 spiro atoms. The Morgan fingerprint density at radius 1 is 1.10 bits per heavy atom. The highest BCUT2D eigenvalue weighted by molar-refractivity contribution is 7.99. The van der Waals surface area contributed by atoms with Crippen molar-refractivity contribution in [1.29, 1.82) is 0 Å². The quantitative estimate of drug-likeness (QED) is 0.388. The van der Waals surface area contributed by atoms with E-state index < -0.39 is 0 Å². The van der Waals surface area contributed by atoms with Gasteiger partial charge in [0.1, 0.15) is 23.7 Å². The molecule has 0 unspecified atom stereocenters. The van der Waals surface area contributed by atoms with Crippen LogP contribution in [0.4, 0.5) is 0 Å². The Bertz CT molecular complexity index is 965. The number of hydrogen-bond acceptors (Lipinski definition) is 4. The van der Waals surface area contributed by atoms with Gasteiger partial charge in [-0.1, -0.05) is 86.9 Å². The molecule has 2 aromatic carbocycles. The minimum atomic E-state index is -0.164. The minimum Gasteiger partial charge on any atom is -0.388 e. The number of hydrogen-bond donors (Lipinski definition) is 1. The minimum absolute atomic E-state index is 0.164. The van der Waals surface area contributed by atoms with Crippen LogP contribution in [0.15, 0.2) is 52.4 Å². The van der Waals surface area contributed by atoms with Gasteiger partial charge in [-0.2, -0.15) is 0 Å². The average Bonchev–Trinajstić information content (AvgIpc) is 3.07. The molecule has 3 aromatic rings. The standard InChI is InChI=1S/C21H20Cl2N2O2S.C2H6/c1-13(2)20-21(28-18-8-16(22)7-17(23)9-18)25(19(12-27)24-20)10-14-3-5-15(11-26)6-4-14;1-2/h3-9,11,13,27H,10,12H2,1-2H3;1-2H3. The van der Waals surface area contributed by atoms with Crippen molar-refractivity contribution in [3.63, 3.8) is 0 Å². The summed E-state index contributed by atoms with van der Waals surface area (Å²) in [6, 6.07) is 12.8. The lowest BCUT2D eigenvalue weighted by Crippen LogP contribution is -2.07. The van der Waals surface area contributed by atoms with Gasteiger partial charge >= 0.3 is 0 Å². The van der Waals surface area contributed by atoms with Crippen molar-refractivity contribution in [2.24, 2.45) is 0 Å². The third-order valence-corrected chi connectivity index (χ3v) is 5.75. The van der Waals surface area contributed by atoms with Gasteiger partial charge in [-0.3, -0.25) is 4.79 Å². The third kappa shape index (κ3) is 6.11. The zero-order valence-corrected chi connectivity index (χ0v) is 19.9. The SMILES string of the molecule is CC.CC(C)c1nc(CO)n(Cc2ccc(C=O)cc2)c1Sc1cc(Cl)cc(Cl)c1. The van der Waals surface area contributed by atoms with Crippen LogP contribution in [0.3, 0.4) is 0 Å². The van der Waals surface area contributed by atoms with Gasteiger partial charge < -0.3 is 9.67 Å². The van der Waals surface area contributed by atoms with E-state index in [9.17, 15) is 9.90 Å². The van der Waals surface area contributed by atoms with Crippen LogP contribution in [0, 0.1) is 0 Å². The van der Waals surface area contributed by atoms with E-state index in [-0.39, 0.29) is 12.5 Å². The van der Waals surface area contributed by atoms with Crippen molar-refractivity contribution in [2.45, 2.75) is 56.7 Å². The maximum absolute atomic E-state index is 10.9. The van der Waals surface area contributed by atoms with E-state index in [1.165, 1.54) is 11.8 Å². The molecular formula is C23H26Cl2N2O2S. The number of imidazole rings is 1. The van der Waals surface area contributed by atoms with Crippen molar-refractivity contribution < 1.29 is 9.90 Å². The van der Waals surface area contributed by atoms with Crippen LogP contribution in [0.1, 0.15) is 61.1 Å². The van der Waals surface area contributed by atoms with Gasteiger partial charge in [0, 0.05) is 27.0 Å². The highest BCUT2D eigenvalue weighted by Gasteiger charge is 2.20. The summed E-state index contributed by atoms with van der Waals surface area (Å²) >= 11 is 13.8. The van der Waals surface area contributed by atoms with Gasteiger partial charge in [-0.05, 0) is 29.7 Å². The molecule has 0 aliphatic rings. The van der Waals surface area contributed by atoms with E-state index >= 15 is 0 Å². The Morgan fingerprint density at radius 2 is 1.70 bits per heavy atom. The maximum atomic E-state index is 10.9. The number of carbonyl (C=O) groups excluding carboxylic acids is 1. The number of aliphatic hydroxyl groups is 1. The van der Waals surface area contributed by atoms with Crippen LogP contribution >= 0.6 is 35.0 Å². The first-order valence-corrected chi connectivity index (χ1v) is 11.4. The van der Waals surface area contributed by atoms with Crippen molar-refractivity contribution in [2.75, 3.05) is 0 Å². The summed E-state index contributed by atoms with van der Waals surface area (Å²) in [5.74, 6) is 0.778. The van der Waals surface area contributed by atoms with E-state index in [0.717, 1.165) is 27.5 Å². The van der Waals surface area contributed by atoms with Crippen LogP contribution in [-0.4, -0.2) is 20.9 Å². The first-order chi connectivity index (χ1) is 14.4. The van der Waals surface area contributed by atoms with Gasteiger partial charge in [-0.25, -0.2) is 4.98 Å². The molecule has 7 heteroatoms. The lowest BCUT2D eigenvalue weighted by atomic mass is 10.1. The summed E-state index contributed by atoms with van der Waals surface area (Å²) in [5, 5.41) is 11.9. The second-order valence-electron chi connectivity index (χ2n) is 6.68. The first-order valence-electron chi connectivity index (χ1n) is 9.79. The van der Waals surface area contributed by atoms with Crippen LogP contribution in [0.2, 0.25) is 10.0 Å². The Labute approximate surface area is 192 Å². The Morgan fingerprint density at radius 3 is 2.20 bits per heavy atom. The van der Waals surface area contributed by atoms with Gasteiger partial charge in [-0.15, -0.1) is 0 Å². The fourth-order valence-electron chi connectivity index (χ4n) is 2.85. The summed E-state index contributed by atoms with van der Waals surface area (Å²) in [7, 11) is 0. The van der Waals surface area contributed by atoms with Crippen LogP contribution in [0.5, 0.6) is 0 Å². The topological polar surface area (TPSA) is 55.1 Å². The highest BCUT2D eigenvalue weighted by Crippen LogP contribution is 2.37. The van der Waals surface area contributed by atoms with E-state index in [1.807, 2.05) is 42.7 Å². The summed E-state index contributed by atoms with van der Waals surface area (Å²) < 4.78 is 2.00. The molecule has 160 valence electrons. The summed E-state index contributed by atoms with van der Waals surface area (Å²) in [4.78, 5) is 16.5. The number of aromatic nitrogens is 2. The number of aliphatic hydroxyl groups excluding tert-OH is 1. The lowest BCUT2D eigenvalue weighted by Gasteiger charge is -2.13. The highest BCUT2D eigenvalue weighted by atomic mass is 35.5. The molecule has 0 saturated heterocycles. The molecule has 30 heavy (non-hydrogen) atoms. The van der Waals surface area contributed by atoms with Crippen molar-refractivity contribution in [1.82, 2.24) is 9.55 Å². The van der Waals surface area contributed by atoms with E-state index in [1.54, 1.807) is 18.2 Å². The van der Waals surface area contributed by atoms with E-state index in [2.05, 4.69) is 18.8 Å². The second-order valence-corrected chi connectivity index (χ2v) is 8.62. The number of rotatable bonds is 7. The van der Waals surface area contributed by atoms with Crippen molar-refractivity contribution in [3.8, 4) is 0 Å². The monoisotopic (exact) mass is 464 g/mol. The number of nitrogens with zero attached hydrogens (tertiary/aromatic N) is 2. The smallest absolute Gasteiger partial charge is 0.150 e. The Hall–Kier alpha value is -1.79. The molecule has 1 aromatic heterocycles. The molecule has 3 rings (SSSR count). The normalized spacial score (nSPS) is 10.7. The second kappa shape index (κ2) is 11.6. The van der Waals surface area contributed by atoms with Gasteiger partial charge in [0.2, 0.25) is 0 Å². The fraction of sp³-hybridized carbons (Fsp3) is 0.304. The van der Waals surface area contributed by atoms with Crippen molar-refractivity contribution >= 4 is 41.2 Å². The number of halogens is 2. The first kappa shape index (κ1) is 24.5. The molecule has 0 radical (unpaired) electrons. The van der Waals surface area contributed by atoms with E-state index in [0.29, 0.717) is 28.0 Å². The predicted molar refractivity (Wildman–Crippen MR) is 125 cm³/mol. The molecule has 0 saturated carbocycles. The summed E-state index contributed by atoms with van der Waals surface area (Å²) in [6.45, 7) is 8.51. The Kier molecular flexibility index (Phi) is 9.43. The van der Waals surface area contributed by atoms with Crippen LogP contribution in [-0.2, 0) is 13.2 Å². The molecule has 1 heterocycles.